The number of carbonyl (C=O) groups is 2. The molecule has 0 aromatic heterocycles. The summed E-state index contributed by atoms with van der Waals surface area (Å²) in [5.74, 6) is -0.495. The molecule has 4 rings (SSSR count). The Kier molecular flexibility index (Phi) is 10.8. The number of ether oxygens (including phenoxy) is 1. The Bertz CT molecular complexity index is 1480. The summed E-state index contributed by atoms with van der Waals surface area (Å²) >= 11 is 12.9. The molecule has 1 aliphatic carbocycles. The zero-order valence-electron chi connectivity index (χ0n) is 23.6. The van der Waals surface area contributed by atoms with Gasteiger partial charge in [0.25, 0.3) is 10.0 Å². The third-order valence-corrected chi connectivity index (χ3v) is 9.96. The van der Waals surface area contributed by atoms with Gasteiger partial charge < -0.3 is 15.0 Å². The lowest BCUT2D eigenvalue weighted by Crippen LogP contribution is -2.53. The first-order chi connectivity index (χ1) is 20.1. The summed E-state index contributed by atoms with van der Waals surface area (Å²) in [6.45, 7) is 0.962. The van der Waals surface area contributed by atoms with Crippen molar-refractivity contribution in [1.82, 2.24) is 10.2 Å². The zero-order valence-corrected chi connectivity index (χ0v) is 26.0. The molecule has 0 spiro atoms. The molecule has 2 amide bonds. The molecule has 0 radical (unpaired) electrons. The number of benzene rings is 3. The van der Waals surface area contributed by atoms with Crippen LogP contribution in [0.2, 0.25) is 10.0 Å². The molecule has 11 heteroatoms. The van der Waals surface area contributed by atoms with Gasteiger partial charge in [-0.25, -0.2) is 8.42 Å². The number of rotatable bonds is 11. The molecule has 0 saturated heterocycles. The maximum atomic E-state index is 14.1. The van der Waals surface area contributed by atoms with Gasteiger partial charge in [-0.15, -0.1) is 0 Å². The molecule has 3 aromatic rings. The Morgan fingerprint density at radius 3 is 2.24 bits per heavy atom. The number of amides is 2. The van der Waals surface area contributed by atoms with Crippen LogP contribution in [-0.4, -0.2) is 50.9 Å². The van der Waals surface area contributed by atoms with Gasteiger partial charge in [0.2, 0.25) is 11.8 Å². The minimum absolute atomic E-state index is 0.0180. The standard InChI is InChI=1S/C31H35Cl2N3O5S/c1-22(31(38)34-23-11-5-3-6-12-23)35(20-27-28(32)17-10-18-29(27)33)30(37)21-36(24-13-9-14-25(19-24)41-2)42(39,40)26-15-7-4-8-16-26/h4,7-10,13-19,22-23H,3,5-6,11-12,20-21H2,1-2H3,(H,34,38). The largest absolute Gasteiger partial charge is 0.497 e. The van der Waals surface area contributed by atoms with Crippen molar-refractivity contribution >= 4 is 50.7 Å². The van der Waals surface area contributed by atoms with Crippen molar-refractivity contribution in [3.8, 4) is 5.75 Å². The summed E-state index contributed by atoms with van der Waals surface area (Å²) < 4.78 is 34.2. The van der Waals surface area contributed by atoms with Crippen molar-refractivity contribution in [1.29, 1.82) is 0 Å². The number of nitrogens with one attached hydrogen (secondary N) is 1. The Hall–Kier alpha value is -3.27. The Labute approximate surface area is 257 Å². The summed E-state index contributed by atoms with van der Waals surface area (Å²) in [5.41, 5.74) is 0.701. The van der Waals surface area contributed by atoms with Crippen LogP contribution in [-0.2, 0) is 26.2 Å². The fourth-order valence-corrected chi connectivity index (χ4v) is 6.96. The number of hydrogen-bond donors (Lipinski definition) is 1. The molecular formula is C31H35Cl2N3O5S. The van der Waals surface area contributed by atoms with Crippen molar-refractivity contribution in [3.63, 3.8) is 0 Å². The van der Waals surface area contributed by atoms with Gasteiger partial charge in [0.1, 0.15) is 18.3 Å². The lowest BCUT2D eigenvalue weighted by molar-refractivity contribution is -0.139. The number of anilines is 1. The zero-order chi connectivity index (χ0) is 30.3. The van der Waals surface area contributed by atoms with Crippen molar-refractivity contribution < 1.29 is 22.7 Å². The first-order valence-electron chi connectivity index (χ1n) is 13.9. The van der Waals surface area contributed by atoms with Gasteiger partial charge in [0.05, 0.1) is 17.7 Å². The maximum Gasteiger partial charge on any atom is 0.264 e. The SMILES string of the molecule is COc1cccc(N(CC(=O)N(Cc2c(Cl)cccc2Cl)C(C)C(=O)NC2CCCCC2)S(=O)(=O)c2ccccc2)c1. The third-order valence-electron chi connectivity index (χ3n) is 7.46. The molecule has 1 aliphatic rings. The van der Waals surface area contributed by atoms with E-state index in [9.17, 15) is 18.0 Å². The van der Waals surface area contributed by atoms with Crippen LogP contribution < -0.4 is 14.4 Å². The van der Waals surface area contributed by atoms with Gasteiger partial charge in [-0.3, -0.25) is 13.9 Å². The number of sulfonamides is 1. The van der Waals surface area contributed by atoms with E-state index in [1.165, 1.54) is 24.1 Å². The van der Waals surface area contributed by atoms with Crippen molar-refractivity contribution in [2.24, 2.45) is 0 Å². The normalized spacial score (nSPS) is 14.6. The molecule has 224 valence electrons. The summed E-state index contributed by atoms with van der Waals surface area (Å²) in [4.78, 5) is 29.0. The van der Waals surface area contributed by atoms with E-state index in [2.05, 4.69) is 5.32 Å². The third kappa shape index (κ3) is 7.56. The highest BCUT2D eigenvalue weighted by Gasteiger charge is 2.34. The first kappa shape index (κ1) is 31.7. The quantitative estimate of drug-likeness (QED) is 0.277. The summed E-state index contributed by atoms with van der Waals surface area (Å²) in [6.07, 6.45) is 4.95. The molecule has 42 heavy (non-hydrogen) atoms. The van der Waals surface area contributed by atoms with Crippen molar-refractivity contribution in [2.45, 2.75) is 62.6 Å². The summed E-state index contributed by atoms with van der Waals surface area (Å²) in [5, 5.41) is 3.75. The topological polar surface area (TPSA) is 96.0 Å². The number of carbonyl (C=O) groups excluding carboxylic acids is 2. The number of nitrogens with zero attached hydrogens (tertiary/aromatic N) is 2. The summed E-state index contributed by atoms with van der Waals surface area (Å²) in [6, 6.07) is 18.4. The van der Waals surface area contributed by atoms with E-state index in [4.69, 9.17) is 27.9 Å². The van der Waals surface area contributed by atoms with E-state index in [0.29, 0.717) is 21.4 Å². The highest BCUT2D eigenvalue weighted by molar-refractivity contribution is 7.92. The van der Waals surface area contributed by atoms with E-state index in [-0.39, 0.29) is 29.1 Å². The van der Waals surface area contributed by atoms with Crippen LogP contribution in [0.5, 0.6) is 5.75 Å². The predicted octanol–water partition coefficient (Wildman–Crippen LogP) is 6.06. The van der Waals surface area contributed by atoms with Crippen LogP contribution in [0.15, 0.2) is 77.7 Å². The molecule has 3 aromatic carbocycles. The number of halogens is 2. The van der Waals surface area contributed by atoms with E-state index in [1.54, 1.807) is 67.6 Å². The molecule has 0 aliphatic heterocycles. The van der Waals surface area contributed by atoms with Gasteiger partial charge in [-0.1, -0.05) is 72.8 Å². The van der Waals surface area contributed by atoms with Crippen LogP contribution in [0.1, 0.15) is 44.6 Å². The van der Waals surface area contributed by atoms with E-state index < -0.39 is 28.5 Å². The number of methoxy groups -OCH3 is 1. The van der Waals surface area contributed by atoms with E-state index in [0.717, 1.165) is 36.4 Å². The Balaban J connectivity index is 1.71. The van der Waals surface area contributed by atoms with Crippen LogP contribution in [0.25, 0.3) is 0 Å². The molecule has 8 nitrogen and oxygen atoms in total. The summed E-state index contributed by atoms with van der Waals surface area (Å²) in [7, 11) is -2.71. The highest BCUT2D eigenvalue weighted by Crippen LogP contribution is 2.30. The van der Waals surface area contributed by atoms with E-state index >= 15 is 0 Å². The van der Waals surface area contributed by atoms with Crippen molar-refractivity contribution in [2.75, 3.05) is 18.0 Å². The lowest BCUT2D eigenvalue weighted by Gasteiger charge is -2.33. The second-order valence-electron chi connectivity index (χ2n) is 10.3. The Morgan fingerprint density at radius 1 is 0.952 bits per heavy atom. The van der Waals surface area contributed by atoms with Gasteiger partial charge in [0.15, 0.2) is 0 Å². The van der Waals surface area contributed by atoms with Crippen molar-refractivity contribution in [3.05, 3.63) is 88.4 Å². The van der Waals surface area contributed by atoms with Crippen LogP contribution >= 0.6 is 23.2 Å². The first-order valence-corrected chi connectivity index (χ1v) is 16.1. The molecule has 0 bridgehead atoms. The predicted molar refractivity (Wildman–Crippen MR) is 165 cm³/mol. The second kappa shape index (κ2) is 14.3. The minimum Gasteiger partial charge on any atom is -0.497 e. The van der Waals surface area contributed by atoms with Crippen LogP contribution in [0, 0.1) is 0 Å². The smallest absolute Gasteiger partial charge is 0.264 e. The van der Waals surface area contributed by atoms with E-state index in [1.807, 2.05) is 0 Å². The molecule has 1 fully saturated rings. The Morgan fingerprint density at radius 2 is 1.60 bits per heavy atom. The molecular weight excluding hydrogens is 597 g/mol. The molecule has 1 unspecified atom stereocenters. The van der Waals surface area contributed by atoms with Crippen LogP contribution in [0.3, 0.4) is 0 Å². The second-order valence-corrected chi connectivity index (χ2v) is 12.9. The monoisotopic (exact) mass is 631 g/mol. The lowest BCUT2D eigenvalue weighted by atomic mass is 9.95. The number of hydrogen-bond acceptors (Lipinski definition) is 5. The van der Waals surface area contributed by atoms with Crippen LogP contribution in [0.4, 0.5) is 5.69 Å². The highest BCUT2D eigenvalue weighted by atomic mass is 35.5. The van der Waals surface area contributed by atoms with Gasteiger partial charge in [0, 0.05) is 34.3 Å². The van der Waals surface area contributed by atoms with Gasteiger partial charge in [-0.05, 0) is 56.2 Å². The average molecular weight is 633 g/mol. The maximum absolute atomic E-state index is 14.1. The minimum atomic E-state index is -4.19. The molecule has 1 atom stereocenters. The molecule has 1 N–H and O–H groups in total. The fourth-order valence-electron chi connectivity index (χ4n) is 5.02. The fraction of sp³-hybridized carbons (Fsp3) is 0.355. The average Bonchev–Trinajstić information content (AvgIpc) is 3.00. The molecule has 0 heterocycles. The van der Waals surface area contributed by atoms with Gasteiger partial charge in [-0.2, -0.15) is 0 Å². The van der Waals surface area contributed by atoms with Gasteiger partial charge >= 0.3 is 0 Å². The molecule has 1 saturated carbocycles.